The van der Waals surface area contributed by atoms with Crippen LogP contribution in [-0.2, 0) is 10.8 Å². The Labute approximate surface area is 151 Å². The molecule has 0 unspecified atom stereocenters. The van der Waals surface area contributed by atoms with Crippen LogP contribution in [-0.4, -0.2) is 5.11 Å². The van der Waals surface area contributed by atoms with Gasteiger partial charge in [-0.15, -0.1) is 0 Å². The molecule has 0 radical (unpaired) electrons. The van der Waals surface area contributed by atoms with Crippen LogP contribution in [0.5, 0.6) is 5.75 Å². The van der Waals surface area contributed by atoms with Gasteiger partial charge in [-0.2, -0.15) is 0 Å². The van der Waals surface area contributed by atoms with Gasteiger partial charge in [0.05, 0.1) is 0 Å². The monoisotopic (exact) mass is 342 g/mol. The molecule has 0 amide bonds. The molecule has 24 heavy (non-hydrogen) atoms. The molecule has 0 spiro atoms. The summed E-state index contributed by atoms with van der Waals surface area (Å²) in [5.41, 5.74) is 4.65. The molecular formula is C22H30OS. The molecule has 0 aliphatic heterocycles. The van der Waals surface area contributed by atoms with Gasteiger partial charge in [-0.1, -0.05) is 65.4 Å². The lowest BCUT2D eigenvalue weighted by Gasteiger charge is -2.23. The number of rotatable bonds is 2. The average Bonchev–Trinajstić information content (AvgIpc) is 2.42. The van der Waals surface area contributed by atoms with Crippen molar-refractivity contribution in [2.75, 3.05) is 0 Å². The maximum absolute atomic E-state index is 10.4. The van der Waals surface area contributed by atoms with Crippen molar-refractivity contribution in [1.29, 1.82) is 0 Å². The quantitative estimate of drug-likeness (QED) is 0.651. The summed E-state index contributed by atoms with van der Waals surface area (Å²) in [4.78, 5) is 2.47. The van der Waals surface area contributed by atoms with E-state index in [9.17, 15) is 5.11 Å². The second-order valence-electron chi connectivity index (χ2n) is 8.72. The molecular weight excluding hydrogens is 312 g/mol. The molecule has 0 saturated heterocycles. The predicted octanol–water partition coefficient (Wildman–Crippen LogP) is 6.76. The Morgan fingerprint density at radius 3 is 1.96 bits per heavy atom. The molecule has 130 valence electrons. The van der Waals surface area contributed by atoms with Crippen LogP contribution >= 0.6 is 11.8 Å². The van der Waals surface area contributed by atoms with Crippen molar-refractivity contribution in [3.63, 3.8) is 0 Å². The lowest BCUT2D eigenvalue weighted by atomic mass is 9.85. The number of aryl methyl sites for hydroxylation is 2. The molecule has 2 heteroatoms. The number of aromatic hydroxyl groups is 1. The number of phenolic OH excluding ortho intramolecular Hbond substituents is 1. The summed E-state index contributed by atoms with van der Waals surface area (Å²) in [5, 5.41) is 10.4. The summed E-state index contributed by atoms with van der Waals surface area (Å²) in [6, 6.07) is 11.0. The molecule has 0 saturated carbocycles. The van der Waals surface area contributed by atoms with E-state index in [1.807, 2.05) is 6.92 Å². The smallest absolute Gasteiger partial charge is 0.122 e. The molecule has 0 aliphatic rings. The van der Waals surface area contributed by atoms with E-state index < -0.39 is 0 Å². The maximum Gasteiger partial charge on any atom is 0.122 e. The highest BCUT2D eigenvalue weighted by molar-refractivity contribution is 7.99. The van der Waals surface area contributed by atoms with Gasteiger partial charge in [0.2, 0.25) is 0 Å². The van der Waals surface area contributed by atoms with Crippen LogP contribution in [0.1, 0.15) is 63.8 Å². The lowest BCUT2D eigenvalue weighted by Crippen LogP contribution is -2.12. The highest BCUT2D eigenvalue weighted by Gasteiger charge is 2.21. The molecule has 0 fully saturated rings. The van der Waals surface area contributed by atoms with Crippen molar-refractivity contribution in [1.82, 2.24) is 0 Å². The standard InChI is InChI=1S/C22H30OS/c1-14-9-10-16(21(3,4)5)12-19(14)24-17-11-15(2)20(23)18(13-17)22(6,7)8/h9-13,23H,1-8H3. The Bertz CT molecular complexity index is 746. The summed E-state index contributed by atoms with van der Waals surface area (Å²) in [7, 11) is 0. The number of hydrogen-bond donors (Lipinski definition) is 1. The van der Waals surface area contributed by atoms with E-state index in [-0.39, 0.29) is 10.8 Å². The largest absolute Gasteiger partial charge is 0.507 e. The molecule has 0 aliphatic carbocycles. The first kappa shape index (κ1) is 18.9. The molecule has 2 aromatic carbocycles. The first-order valence-corrected chi connectivity index (χ1v) is 9.34. The average molecular weight is 343 g/mol. The van der Waals surface area contributed by atoms with Crippen molar-refractivity contribution in [3.05, 3.63) is 52.6 Å². The van der Waals surface area contributed by atoms with Crippen molar-refractivity contribution in [2.24, 2.45) is 0 Å². The zero-order chi connectivity index (χ0) is 18.3. The molecule has 0 aromatic heterocycles. The Morgan fingerprint density at radius 1 is 0.792 bits per heavy atom. The van der Waals surface area contributed by atoms with Gasteiger partial charge in [0.25, 0.3) is 0 Å². The third-order valence-corrected chi connectivity index (χ3v) is 5.50. The van der Waals surface area contributed by atoms with E-state index >= 15 is 0 Å². The van der Waals surface area contributed by atoms with E-state index in [2.05, 4.69) is 78.8 Å². The van der Waals surface area contributed by atoms with Crippen molar-refractivity contribution in [3.8, 4) is 5.75 Å². The van der Waals surface area contributed by atoms with Crippen LogP contribution < -0.4 is 0 Å². The highest BCUT2D eigenvalue weighted by Crippen LogP contribution is 2.40. The fourth-order valence-corrected chi connectivity index (χ4v) is 3.76. The third-order valence-electron chi connectivity index (χ3n) is 4.36. The van der Waals surface area contributed by atoms with Gasteiger partial charge in [0.1, 0.15) is 5.75 Å². The zero-order valence-electron chi connectivity index (χ0n) is 16.2. The first-order valence-electron chi connectivity index (χ1n) is 8.52. The van der Waals surface area contributed by atoms with Crippen LogP contribution in [0.25, 0.3) is 0 Å². The minimum absolute atomic E-state index is 0.0757. The second-order valence-corrected chi connectivity index (χ2v) is 9.83. The minimum atomic E-state index is -0.0757. The summed E-state index contributed by atoms with van der Waals surface area (Å²) in [6.45, 7) is 17.3. The fourth-order valence-electron chi connectivity index (χ4n) is 2.68. The van der Waals surface area contributed by atoms with Crippen LogP contribution in [0, 0.1) is 13.8 Å². The summed E-state index contributed by atoms with van der Waals surface area (Å²) in [6.07, 6.45) is 0. The predicted molar refractivity (Wildman–Crippen MR) is 106 cm³/mol. The first-order chi connectivity index (χ1) is 10.9. The molecule has 2 rings (SSSR count). The second kappa shape index (κ2) is 6.48. The maximum atomic E-state index is 10.4. The van der Waals surface area contributed by atoms with E-state index in [1.165, 1.54) is 20.9 Å². The number of benzene rings is 2. The van der Waals surface area contributed by atoms with Crippen molar-refractivity contribution >= 4 is 11.8 Å². The van der Waals surface area contributed by atoms with Crippen LogP contribution in [0.2, 0.25) is 0 Å². The fraction of sp³-hybridized carbons (Fsp3) is 0.455. The Balaban J connectivity index is 2.47. The Morgan fingerprint density at radius 2 is 1.42 bits per heavy atom. The molecule has 2 aromatic rings. The molecule has 0 atom stereocenters. The van der Waals surface area contributed by atoms with Crippen LogP contribution in [0.15, 0.2) is 40.1 Å². The van der Waals surface area contributed by atoms with Gasteiger partial charge < -0.3 is 5.11 Å². The van der Waals surface area contributed by atoms with Gasteiger partial charge in [-0.25, -0.2) is 0 Å². The summed E-state index contributed by atoms with van der Waals surface area (Å²) >= 11 is 1.79. The van der Waals surface area contributed by atoms with E-state index in [0.717, 1.165) is 11.1 Å². The van der Waals surface area contributed by atoms with E-state index in [0.29, 0.717) is 5.75 Å². The van der Waals surface area contributed by atoms with Crippen LogP contribution in [0.3, 0.4) is 0 Å². The van der Waals surface area contributed by atoms with Gasteiger partial charge in [0.15, 0.2) is 0 Å². The molecule has 1 N–H and O–H groups in total. The highest BCUT2D eigenvalue weighted by atomic mass is 32.2. The van der Waals surface area contributed by atoms with Crippen molar-refractivity contribution < 1.29 is 5.11 Å². The minimum Gasteiger partial charge on any atom is -0.507 e. The number of phenols is 1. The Hall–Kier alpha value is -1.41. The van der Waals surface area contributed by atoms with Crippen LogP contribution in [0.4, 0.5) is 0 Å². The topological polar surface area (TPSA) is 20.2 Å². The SMILES string of the molecule is Cc1ccc(C(C)(C)C)cc1Sc1cc(C)c(O)c(C(C)(C)C)c1. The number of hydrogen-bond acceptors (Lipinski definition) is 2. The Kier molecular flexibility index (Phi) is 5.11. The summed E-state index contributed by atoms with van der Waals surface area (Å²) in [5.74, 6) is 0.423. The van der Waals surface area contributed by atoms with E-state index in [4.69, 9.17) is 0 Å². The van der Waals surface area contributed by atoms with Gasteiger partial charge in [0, 0.05) is 15.4 Å². The van der Waals surface area contributed by atoms with Gasteiger partial charge >= 0.3 is 0 Å². The van der Waals surface area contributed by atoms with Crippen molar-refractivity contribution in [2.45, 2.75) is 76.0 Å². The third kappa shape index (κ3) is 4.16. The normalized spacial score (nSPS) is 12.5. The van der Waals surface area contributed by atoms with Gasteiger partial charge in [-0.3, -0.25) is 0 Å². The molecule has 1 nitrogen and oxygen atoms in total. The lowest BCUT2D eigenvalue weighted by molar-refractivity contribution is 0.442. The zero-order valence-corrected chi connectivity index (χ0v) is 17.1. The van der Waals surface area contributed by atoms with E-state index in [1.54, 1.807) is 11.8 Å². The van der Waals surface area contributed by atoms with Gasteiger partial charge in [-0.05, 0) is 59.6 Å². The molecule has 0 heterocycles. The summed E-state index contributed by atoms with van der Waals surface area (Å²) < 4.78 is 0. The molecule has 0 bridgehead atoms.